The Bertz CT molecular complexity index is 659. The molecule has 0 bridgehead atoms. The minimum Gasteiger partial charge on any atom is -0.478 e. The summed E-state index contributed by atoms with van der Waals surface area (Å²) < 4.78 is 26.5. The van der Waals surface area contributed by atoms with Crippen LogP contribution in [0.15, 0.2) is 24.3 Å². The molecule has 0 unspecified atom stereocenters. The largest absolute Gasteiger partial charge is 0.478 e. The van der Waals surface area contributed by atoms with Crippen molar-refractivity contribution in [2.75, 3.05) is 0 Å². The number of carboxylic acid groups (broad SMARTS) is 1. The predicted octanol–water partition coefficient (Wildman–Crippen LogP) is 3.87. The summed E-state index contributed by atoms with van der Waals surface area (Å²) in [5.41, 5.74) is -0.854. The molecule has 20 heavy (non-hydrogen) atoms. The zero-order valence-electron chi connectivity index (χ0n) is 9.86. The fourth-order valence-corrected chi connectivity index (χ4v) is 2.21. The summed E-state index contributed by atoms with van der Waals surface area (Å²) in [6.45, 7) is 0.0480. The Hall–Kier alpha value is -1.66. The SMILES string of the molecule is O=C(O)c1c(C(F)F)nn(Cc2cccc(Cl)c2)c1Cl. The number of carbonyl (C=O) groups is 1. The molecule has 0 amide bonds. The van der Waals surface area contributed by atoms with E-state index in [-0.39, 0.29) is 11.7 Å². The first-order chi connectivity index (χ1) is 9.40. The first kappa shape index (κ1) is 14.7. The average Bonchev–Trinajstić information content (AvgIpc) is 2.67. The standard InChI is InChI=1S/C12H8Cl2F2N2O2/c13-7-3-1-2-6(4-7)5-18-10(14)8(12(19)20)9(17-18)11(15)16/h1-4,11H,5H2,(H,19,20). The lowest BCUT2D eigenvalue weighted by Gasteiger charge is -2.04. The molecule has 106 valence electrons. The summed E-state index contributed by atoms with van der Waals surface area (Å²) in [6, 6.07) is 6.65. The van der Waals surface area contributed by atoms with Gasteiger partial charge in [0.05, 0.1) is 6.54 Å². The van der Waals surface area contributed by atoms with Gasteiger partial charge in [-0.05, 0) is 17.7 Å². The molecule has 0 atom stereocenters. The van der Waals surface area contributed by atoms with Crippen LogP contribution in [0.3, 0.4) is 0 Å². The Morgan fingerprint density at radius 3 is 2.60 bits per heavy atom. The number of hydrogen-bond acceptors (Lipinski definition) is 2. The Morgan fingerprint density at radius 2 is 2.10 bits per heavy atom. The number of aromatic carboxylic acids is 1. The van der Waals surface area contributed by atoms with Crippen molar-refractivity contribution in [3.05, 3.63) is 51.3 Å². The zero-order valence-corrected chi connectivity index (χ0v) is 11.4. The van der Waals surface area contributed by atoms with E-state index < -0.39 is 23.7 Å². The van der Waals surface area contributed by atoms with E-state index in [0.717, 1.165) is 4.68 Å². The van der Waals surface area contributed by atoms with Gasteiger partial charge in [0, 0.05) is 5.02 Å². The second kappa shape index (κ2) is 5.76. The third-order valence-electron chi connectivity index (χ3n) is 2.56. The molecule has 1 heterocycles. The number of carboxylic acids is 1. The molecule has 2 aromatic rings. The molecule has 2 rings (SSSR count). The lowest BCUT2D eigenvalue weighted by molar-refractivity contribution is 0.0684. The van der Waals surface area contributed by atoms with Crippen LogP contribution in [-0.4, -0.2) is 20.9 Å². The van der Waals surface area contributed by atoms with Gasteiger partial charge in [-0.25, -0.2) is 18.3 Å². The topological polar surface area (TPSA) is 55.1 Å². The van der Waals surface area contributed by atoms with E-state index in [1.807, 2.05) is 0 Å². The van der Waals surface area contributed by atoms with Crippen LogP contribution in [0, 0.1) is 0 Å². The fourth-order valence-electron chi connectivity index (χ4n) is 1.72. The molecule has 0 saturated heterocycles. The minimum atomic E-state index is -3.01. The number of rotatable bonds is 4. The second-order valence-corrected chi connectivity index (χ2v) is 4.74. The maximum Gasteiger partial charge on any atom is 0.341 e. The van der Waals surface area contributed by atoms with E-state index in [0.29, 0.717) is 10.6 Å². The van der Waals surface area contributed by atoms with Gasteiger partial charge in [-0.15, -0.1) is 0 Å². The first-order valence-corrected chi connectivity index (χ1v) is 6.18. The van der Waals surface area contributed by atoms with Crippen LogP contribution in [-0.2, 0) is 6.54 Å². The van der Waals surface area contributed by atoms with E-state index in [1.54, 1.807) is 24.3 Å². The van der Waals surface area contributed by atoms with Gasteiger partial charge < -0.3 is 5.11 Å². The molecule has 1 aromatic heterocycles. The van der Waals surface area contributed by atoms with Crippen LogP contribution < -0.4 is 0 Å². The van der Waals surface area contributed by atoms with Crippen LogP contribution in [0.4, 0.5) is 8.78 Å². The van der Waals surface area contributed by atoms with Crippen molar-refractivity contribution >= 4 is 29.2 Å². The highest BCUT2D eigenvalue weighted by Gasteiger charge is 2.27. The quantitative estimate of drug-likeness (QED) is 0.930. The molecule has 0 aliphatic carbocycles. The lowest BCUT2D eigenvalue weighted by Crippen LogP contribution is -2.03. The Balaban J connectivity index is 2.43. The van der Waals surface area contributed by atoms with Gasteiger partial charge in [0.2, 0.25) is 0 Å². The summed E-state index contributed by atoms with van der Waals surface area (Å²) >= 11 is 11.6. The van der Waals surface area contributed by atoms with E-state index in [4.69, 9.17) is 28.3 Å². The van der Waals surface area contributed by atoms with Crippen molar-refractivity contribution in [3.63, 3.8) is 0 Å². The molecule has 0 saturated carbocycles. The minimum absolute atomic E-state index is 0.0480. The molecule has 0 spiro atoms. The van der Waals surface area contributed by atoms with Gasteiger partial charge in [-0.3, -0.25) is 0 Å². The number of alkyl halides is 2. The van der Waals surface area contributed by atoms with Crippen LogP contribution in [0.25, 0.3) is 0 Å². The number of halogens is 4. The predicted molar refractivity (Wildman–Crippen MR) is 69.7 cm³/mol. The van der Waals surface area contributed by atoms with Gasteiger partial charge >= 0.3 is 5.97 Å². The maximum atomic E-state index is 12.8. The molecular formula is C12H8Cl2F2N2O2. The zero-order chi connectivity index (χ0) is 14.9. The molecule has 1 N–H and O–H groups in total. The highest BCUT2D eigenvalue weighted by molar-refractivity contribution is 6.32. The summed E-state index contributed by atoms with van der Waals surface area (Å²) in [5, 5.41) is 12.6. The van der Waals surface area contributed by atoms with Crippen molar-refractivity contribution in [3.8, 4) is 0 Å². The number of aromatic nitrogens is 2. The van der Waals surface area contributed by atoms with Crippen molar-refractivity contribution in [1.82, 2.24) is 9.78 Å². The fraction of sp³-hybridized carbons (Fsp3) is 0.167. The summed E-state index contributed by atoms with van der Waals surface area (Å²) in [7, 11) is 0. The van der Waals surface area contributed by atoms with Gasteiger partial charge in [-0.2, -0.15) is 5.10 Å². The van der Waals surface area contributed by atoms with Crippen molar-refractivity contribution in [2.45, 2.75) is 13.0 Å². The average molecular weight is 321 g/mol. The number of hydrogen-bond donors (Lipinski definition) is 1. The molecule has 0 aliphatic rings. The van der Waals surface area contributed by atoms with Gasteiger partial charge in [0.25, 0.3) is 6.43 Å². The maximum absolute atomic E-state index is 12.8. The van der Waals surface area contributed by atoms with E-state index in [2.05, 4.69) is 5.10 Å². The highest BCUT2D eigenvalue weighted by atomic mass is 35.5. The van der Waals surface area contributed by atoms with Gasteiger partial charge in [0.15, 0.2) is 0 Å². The van der Waals surface area contributed by atoms with Crippen LogP contribution >= 0.6 is 23.2 Å². The van der Waals surface area contributed by atoms with Crippen LogP contribution in [0.2, 0.25) is 10.2 Å². The number of benzene rings is 1. The van der Waals surface area contributed by atoms with Crippen LogP contribution in [0.5, 0.6) is 0 Å². The smallest absolute Gasteiger partial charge is 0.341 e. The van der Waals surface area contributed by atoms with Crippen LogP contribution in [0.1, 0.15) is 28.0 Å². The molecular weight excluding hydrogens is 313 g/mol. The van der Waals surface area contributed by atoms with E-state index in [9.17, 15) is 13.6 Å². The third-order valence-corrected chi connectivity index (χ3v) is 3.18. The third kappa shape index (κ3) is 2.91. The van der Waals surface area contributed by atoms with E-state index in [1.165, 1.54) is 0 Å². The molecule has 0 aliphatic heterocycles. The van der Waals surface area contributed by atoms with Gasteiger partial charge in [0.1, 0.15) is 16.4 Å². The lowest BCUT2D eigenvalue weighted by atomic mass is 10.2. The Labute approximate surface area is 122 Å². The number of nitrogens with zero attached hydrogens (tertiary/aromatic N) is 2. The summed E-state index contributed by atoms with van der Waals surface area (Å²) in [4.78, 5) is 11.0. The second-order valence-electron chi connectivity index (χ2n) is 3.94. The Kier molecular flexibility index (Phi) is 4.25. The monoisotopic (exact) mass is 320 g/mol. The van der Waals surface area contributed by atoms with Crippen molar-refractivity contribution in [1.29, 1.82) is 0 Å². The molecule has 4 nitrogen and oxygen atoms in total. The van der Waals surface area contributed by atoms with Gasteiger partial charge in [-0.1, -0.05) is 35.3 Å². The first-order valence-electron chi connectivity index (χ1n) is 5.42. The van der Waals surface area contributed by atoms with Crippen molar-refractivity contribution < 1.29 is 18.7 Å². The highest BCUT2D eigenvalue weighted by Crippen LogP contribution is 2.28. The molecule has 0 radical (unpaired) electrons. The van der Waals surface area contributed by atoms with E-state index >= 15 is 0 Å². The summed E-state index contributed by atoms with van der Waals surface area (Å²) in [5.74, 6) is -1.54. The van der Waals surface area contributed by atoms with Crippen molar-refractivity contribution in [2.24, 2.45) is 0 Å². The molecule has 8 heteroatoms. The normalized spacial score (nSPS) is 11.1. The molecule has 0 fully saturated rings. The summed E-state index contributed by atoms with van der Waals surface area (Å²) in [6.07, 6.45) is -3.01. The Morgan fingerprint density at radius 1 is 1.40 bits per heavy atom. The molecule has 1 aromatic carbocycles.